The van der Waals surface area contributed by atoms with Crippen LogP contribution < -0.4 is 15.0 Å². The van der Waals surface area contributed by atoms with Gasteiger partial charge in [-0.1, -0.05) is 0 Å². The van der Waals surface area contributed by atoms with Crippen LogP contribution in [0.1, 0.15) is 22.3 Å². The molecule has 0 spiro atoms. The standard InChI is InChI=1S/C27H27F3N6O3S/c1-18-15-20(5-4-9-31)16-19(2)25(18)39-24-8-10-32-26(34-24)33-21-6-7-23(22(17-21)27(28,29)30)35-11-13-36(14-12-35)40(3,37)38/h4-8,10,15-17H,11-14H2,1-3H3,(H,32,33,34)/b5-4+. The Morgan fingerprint density at radius 3 is 2.35 bits per heavy atom. The fourth-order valence-corrected chi connectivity index (χ4v) is 5.27. The molecular formula is C27H27F3N6O3S. The Bertz CT molecular complexity index is 1550. The second-order valence-corrected chi connectivity index (χ2v) is 11.3. The molecule has 13 heteroatoms. The number of nitrogens with one attached hydrogen (secondary N) is 1. The highest BCUT2D eigenvalue weighted by Crippen LogP contribution is 2.39. The van der Waals surface area contributed by atoms with Crippen LogP contribution in [-0.4, -0.2) is 55.1 Å². The highest BCUT2D eigenvalue weighted by molar-refractivity contribution is 7.88. The zero-order valence-corrected chi connectivity index (χ0v) is 22.8. The monoisotopic (exact) mass is 572 g/mol. The number of halogens is 3. The Kier molecular flexibility index (Phi) is 8.32. The van der Waals surface area contributed by atoms with Crippen LogP contribution in [0.15, 0.2) is 48.7 Å². The summed E-state index contributed by atoms with van der Waals surface area (Å²) < 4.78 is 72.9. The number of allylic oxidation sites excluding steroid dienone is 1. The zero-order valence-electron chi connectivity index (χ0n) is 22.0. The molecule has 0 radical (unpaired) electrons. The molecule has 0 unspecified atom stereocenters. The molecule has 3 aromatic rings. The van der Waals surface area contributed by atoms with Gasteiger partial charge in [-0.25, -0.2) is 13.4 Å². The van der Waals surface area contributed by atoms with Gasteiger partial charge >= 0.3 is 6.18 Å². The van der Waals surface area contributed by atoms with E-state index in [9.17, 15) is 21.6 Å². The first-order valence-electron chi connectivity index (χ1n) is 12.2. The zero-order chi connectivity index (χ0) is 29.1. The van der Waals surface area contributed by atoms with Crippen LogP contribution >= 0.6 is 0 Å². The molecule has 4 rings (SSSR count). The molecule has 40 heavy (non-hydrogen) atoms. The molecule has 2 heterocycles. The number of aryl methyl sites for hydroxylation is 2. The lowest BCUT2D eigenvalue weighted by molar-refractivity contribution is -0.137. The smallest absolute Gasteiger partial charge is 0.418 e. The van der Waals surface area contributed by atoms with Gasteiger partial charge < -0.3 is 15.0 Å². The average Bonchev–Trinajstić information content (AvgIpc) is 2.89. The van der Waals surface area contributed by atoms with Crippen LogP contribution in [0.25, 0.3) is 6.08 Å². The van der Waals surface area contributed by atoms with Crippen LogP contribution in [0.5, 0.6) is 11.6 Å². The van der Waals surface area contributed by atoms with E-state index < -0.39 is 21.8 Å². The van der Waals surface area contributed by atoms with Crippen molar-refractivity contribution >= 4 is 33.4 Å². The number of nitriles is 1. The van der Waals surface area contributed by atoms with Crippen molar-refractivity contribution in [2.45, 2.75) is 20.0 Å². The van der Waals surface area contributed by atoms with Gasteiger partial charge in [0.05, 0.1) is 17.9 Å². The van der Waals surface area contributed by atoms with Crippen LogP contribution in [0.4, 0.5) is 30.5 Å². The van der Waals surface area contributed by atoms with Gasteiger partial charge in [0.2, 0.25) is 21.9 Å². The third kappa shape index (κ3) is 6.88. The number of nitrogens with zero attached hydrogens (tertiary/aromatic N) is 5. The van der Waals surface area contributed by atoms with E-state index in [1.165, 1.54) is 39.7 Å². The third-order valence-electron chi connectivity index (χ3n) is 6.28. The lowest BCUT2D eigenvalue weighted by Crippen LogP contribution is -2.48. The van der Waals surface area contributed by atoms with Gasteiger partial charge in [0.1, 0.15) is 5.75 Å². The van der Waals surface area contributed by atoms with E-state index in [2.05, 4.69) is 15.3 Å². The first-order chi connectivity index (χ1) is 18.8. The maximum Gasteiger partial charge on any atom is 0.418 e. The minimum atomic E-state index is -4.64. The first-order valence-corrected chi connectivity index (χ1v) is 14.1. The Balaban J connectivity index is 1.54. The Morgan fingerprint density at radius 2 is 1.75 bits per heavy atom. The van der Waals surface area contributed by atoms with E-state index in [4.69, 9.17) is 10.00 Å². The molecule has 9 nitrogen and oxygen atoms in total. The number of aromatic nitrogens is 2. The van der Waals surface area contributed by atoms with Crippen LogP contribution in [0, 0.1) is 25.2 Å². The minimum Gasteiger partial charge on any atom is -0.438 e. The van der Waals surface area contributed by atoms with Crippen molar-refractivity contribution in [1.82, 2.24) is 14.3 Å². The number of alkyl halides is 3. The van der Waals surface area contributed by atoms with Gasteiger partial charge in [0.15, 0.2) is 0 Å². The predicted molar refractivity (Wildman–Crippen MR) is 146 cm³/mol. The lowest BCUT2D eigenvalue weighted by Gasteiger charge is -2.36. The molecule has 1 fully saturated rings. The van der Waals surface area contributed by atoms with Gasteiger partial charge in [0, 0.05) is 55.9 Å². The molecule has 1 aliphatic rings. The van der Waals surface area contributed by atoms with Crippen molar-refractivity contribution < 1.29 is 26.3 Å². The van der Waals surface area contributed by atoms with Gasteiger partial charge in [-0.2, -0.15) is 27.7 Å². The minimum absolute atomic E-state index is 0.0248. The van der Waals surface area contributed by atoms with Crippen molar-refractivity contribution in [2.24, 2.45) is 0 Å². The van der Waals surface area contributed by atoms with Crippen LogP contribution in [-0.2, 0) is 16.2 Å². The van der Waals surface area contributed by atoms with E-state index in [1.807, 2.05) is 32.0 Å². The van der Waals surface area contributed by atoms with Crippen LogP contribution in [0.3, 0.4) is 0 Å². The number of ether oxygens (including phenoxy) is 1. The fraction of sp³-hybridized carbons (Fsp3) is 0.296. The number of rotatable bonds is 7. The molecular weight excluding hydrogens is 545 g/mol. The van der Waals surface area contributed by atoms with Gasteiger partial charge in [0.25, 0.3) is 0 Å². The maximum absolute atomic E-state index is 14.0. The summed E-state index contributed by atoms with van der Waals surface area (Å²) in [5, 5.41) is 11.6. The normalized spacial score (nSPS) is 14.8. The maximum atomic E-state index is 14.0. The summed E-state index contributed by atoms with van der Waals surface area (Å²) in [4.78, 5) is 9.94. The summed E-state index contributed by atoms with van der Waals surface area (Å²) in [5.41, 5.74) is 1.72. The quantitative estimate of drug-likeness (QED) is 0.382. The molecule has 0 atom stereocenters. The molecule has 1 saturated heterocycles. The summed E-state index contributed by atoms with van der Waals surface area (Å²) in [6.45, 7) is 4.20. The van der Waals surface area contributed by atoms with E-state index in [1.54, 1.807) is 6.08 Å². The first kappa shape index (κ1) is 28.8. The summed E-state index contributed by atoms with van der Waals surface area (Å²) in [5.74, 6) is 0.808. The van der Waals surface area contributed by atoms with Crippen molar-refractivity contribution in [3.8, 4) is 17.7 Å². The fourth-order valence-electron chi connectivity index (χ4n) is 4.44. The number of anilines is 3. The van der Waals surface area contributed by atoms with Crippen molar-refractivity contribution in [2.75, 3.05) is 42.7 Å². The number of hydrogen-bond donors (Lipinski definition) is 1. The molecule has 0 saturated carbocycles. The number of sulfonamides is 1. The molecule has 1 N–H and O–H groups in total. The largest absolute Gasteiger partial charge is 0.438 e. The summed E-state index contributed by atoms with van der Waals surface area (Å²) in [7, 11) is -3.41. The van der Waals surface area contributed by atoms with E-state index in [-0.39, 0.29) is 49.4 Å². The Hall–Kier alpha value is -4.15. The second-order valence-electron chi connectivity index (χ2n) is 9.27. The van der Waals surface area contributed by atoms with Crippen LogP contribution in [0.2, 0.25) is 0 Å². The summed E-state index contributed by atoms with van der Waals surface area (Å²) >= 11 is 0. The molecule has 2 aromatic carbocycles. The second kappa shape index (κ2) is 11.5. The molecule has 210 valence electrons. The van der Waals surface area contributed by atoms with E-state index >= 15 is 0 Å². The highest BCUT2D eigenvalue weighted by atomic mass is 32.2. The van der Waals surface area contributed by atoms with Crippen molar-refractivity contribution in [3.63, 3.8) is 0 Å². The molecule has 0 amide bonds. The van der Waals surface area contributed by atoms with E-state index in [0.29, 0.717) is 5.75 Å². The summed E-state index contributed by atoms with van der Waals surface area (Å²) in [6.07, 6.45) is 0.941. The average molecular weight is 573 g/mol. The molecule has 1 aliphatic heterocycles. The predicted octanol–water partition coefficient (Wildman–Crippen LogP) is 5.27. The Labute approximate surface area is 230 Å². The van der Waals surface area contributed by atoms with E-state index in [0.717, 1.165) is 29.0 Å². The van der Waals surface area contributed by atoms with Gasteiger partial charge in [-0.15, -0.1) is 0 Å². The van der Waals surface area contributed by atoms with Crippen molar-refractivity contribution in [1.29, 1.82) is 5.26 Å². The highest BCUT2D eigenvalue weighted by Gasteiger charge is 2.36. The lowest BCUT2D eigenvalue weighted by atomic mass is 10.1. The topological polar surface area (TPSA) is 111 Å². The number of hydrogen-bond acceptors (Lipinski definition) is 8. The van der Waals surface area contributed by atoms with Gasteiger partial charge in [-0.3, -0.25) is 0 Å². The Morgan fingerprint density at radius 1 is 1.07 bits per heavy atom. The molecule has 0 aliphatic carbocycles. The molecule has 1 aromatic heterocycles. The van der Waals surface area contributed by atoms with Gasteiger partial charge in [-0.05, 0) is 66.9 Å². The number of benzene rings is 2. The summed E-state index contributed by atoms with van der Waals surface area (Å²) in [6, 6.07) is 11.0. The SMILES string of the molecule is Cc1cc(/C=C/C#N)cc(C)c1Oc1ccnc(Nc2ccc(N3CCN(S(C)(=O)=O)CC3)c(C(F)(F)F)c2)n1. The third-order valence-corrected chi connectivity index (χ3v) is 7.58. The molecule has 0 bridgehead atoms. The van der Waals surface area contributed by atoms with Crippen molar-refractivity contribution in [3.05, 3.63) is 70.9 Å². The number of piperazine rings is 1.